The van der Waals surface area contributed by atoms with Crippen molar-refractivity contribution >= 4 is 21.8 Å². The molecule has 1 fully saturated rings. The Kier molecular flexibility index (Phi) is 3.68. The fraction of sp³-hybridized carbons (Fsp3) is 0.333. The molecule has 1 heterocycles. The van der Waals surface area contributed by atoms with Crippen LogP contribution in [0.2, 0.25) is 0 Å². The molecule has 0 saturated carbocycles. The molecule has 0 aromatic heterocycles. The molecular weight excluding hydrogens is 268 g/mol. The monoisotopic (exact) mass is 282 g/mol. The molecule has 7 heteroatoms. The molecule has 0 radical (unpaired) electrons. The Labute approximate surface area is 111 Å². The lowest BCUT2D eigenvalue weighted by Crippen LogP contribution is -2.58. The third kappa shape index (κ3) is 2.99. The summed E-state index contributed by atoms with van der Waals surface area (Å²) in [5.74, 6) is -1.41. The third-order valence-electron chi connectivity index (χ3n) is 2.92. The number of nitrogens with zero attached hydrogens (tertiary/aromatic N) is 1. The second-order valence-electron chi connectivity index (χ2n) is 4.38. The summed E-state index contributed by atoms with van der Waals surface area (Å²) in [6.07, 6.45) is 0. The van der Waals surface area contributed by atoms with Gasteiger partial charge in [-0.3, -0.25) is 14.9 Å². The predicted molar refractivity (Wildman–Crippen MR) is 68.4 cm³/mol. The lowest BCUT2D eigenvalue weighted by molar-refractivity contribution is -0.136. The summed E-state index contributed by atoms with van der Waals surface area (Å²) in [6.45, 7) is 1.15. The van der Waals surface area contributed by atoms with Crippen LogP contribution in [-0.4, -0.2) is 37.1 Å². The van der Waals surface area contributed by atoms with Gasteiger partial charge in [-0.15, -0.1) is 0 Å². The molecule has 1 aliphatic rings. The van der Waals surface area contributed by atoms with E-state index in [1.54, 1.807) is 30.3 Å². The Hall–Kier alpha value is -1.73. The van der Waals surface area contributed by atoms with Crippen LogP contribution >= 0.6 is 0 Å². The number of benzene rings is 1. The largest absolute Gasteiger partial charge is 0.294 e. The van der Waals surface area contributed by atoms with Crippen molar-refractivity contribution in [2.45, 2.75) is 18.7 Å². The van der Waals surface area contributed by atoms with Crippen molar-refractivity contribution in [2.75, 3.05) is 6.54 Å². The molecule has 1 aliphatic heterocycles. The van der Waals surface area contributed by atoms with Gasteiger partial charge in [0, 0.05) is 0 Å². The SMILES string of the molecule is CC1C(=O)NC(=O)CN1S(=O)(=O)Cc1ccccc1. The van der Waals surface area contributed by atoms with E-state index in [-0.39, 0.29) is 12.3 Å². The van der Waals surface area contributed by atoms with Crippen molar-refractivity contribution in [3.63, 3.8) is 0 Å². The highest BCUT2D eigenvalue weighted by Gasteiger charge is 2.37. The number of rotatable bonds is 3. The Balaban J connectivity index is 2.24. The van der Waals surface area contributed by atoms with Crippen LogP contribution < -0.4 is 5.32 Å². The van der Waals surface area contributed by atoms with E-state index in [2.05, 4.69) is 5.32 Å². The minimum absolute atomic E-state index is 0.223. The first kappa shape index (κ1) is 13.7. The van der Waals surface area contributed by atoms with Crippen molar-refractivity contribution < 1.29 is 18.0 Å². The summed E-state index contributed by atoms with van der Waals surface area (Å²) in [5, 5.41) is 2.11. The van der Waals surface area contributed by atoms with Crippen molar-refractivity contribution in [2.24, 2.45) is 0 Å². The first-order valence-corrected chi connectivity index (χ1v) is 7.38. The molecule has 1 atom stereocenters. The van der Waals surface area contributed by atoms with Crippen LogP contribution in [0.5, 0.6) is 0 Å². The maximum absolute atomic E-state index is 12.3. The highest BCUT2D eigenvalue weighted by atomic mass is 32.2. The van der Waals surface area contributed by atoms with Crippen LogP contribution in [0.15, 0.2) is 30.3 Å². The fourth-order valence-corrected chi connectivity index (χ4v) is 3.57. The molecule has 1 unspecified atom stereocenters. The summed E-state index contributed by atoms with van der Waals surface area (Å²) in [4.78, 5) is 22.8. The molecule has 19 heavy (non-hydrogen) atoms. The summed E-state index contributed by atoms with van der Waals surface area (Å²) < 4.78 is 25.4. The average Bonchev–Trinajstić information content (AvgIpc) is 2.34. The number of hydrogen-bond donors (Lipinski definition) is 1. The molecule has 0 spiro atoms. The van der Waals surface area contributed by atoms with Crippen LogP contribution in [0.1, 0.15) is 12.5 Å². The number of piperazine rings is 1. The fourth-order valence-electron chi connectivity index (χ4n) is 1.90. The summed E-state index contributed by atoms with van der Waals surface area (Å²) in [5.41, 5.74) is 0.619. The van der Waals surface area contributed by atoms with Gasteiger partial charge in [-0.1, -0.05) is 30.3 Å². The smallest absolute Gasteiger partial charge is 0.244 e. The van der Waals surface area contributed by atoms with E-state index in [4.69, 9.17) is 0 Å². The van der Waals surface area contributed by atoms with Gasteiger partial charge in [0.15, 0.2) is 0 Å². The van der Waals surface area contributed by atoms with Crippen molar-refractivity contribution in [1.82, 2.24) is 9.62 Å². The van der Waals surface area contributed by atoms with Gasteiger partial charge >= 0.3 is 0 Å². The Morgan fingerprint density at radius 2 is 1.89 bits per heavy atom. The highest BCUT2D eigenvalue weighted by molar-refractivity contribution is 7.88. The number of carbonyl (C=O) groups is 2. The maximum Gasteiger partial charge on any atom is 0.244 e. The molecule has 1 aromatic carbocycles. The Bertz CT molecular complexity index is 597. The lowest BCUT2D eigenvalue weighted by Gasteiger charge is -2.30. The van der Waals surface area contributed by atoms with E-state index in [0.29, 0.717) is 5.56 Å². The highest BCUT2D eigenvalue weighted by Crippen LogP contribution is 2.16. The summed E-state index contributed by atoms with van der Waals surface area (Å²) >= 11 is 0. The van der Waals surface area contributed by atoms with E-state index in [0.717, 1.165) is 4.31 Å². The zero-order chi connectivity index (χ0) is 14.0. The van der Waals surface area contributed by atoms with Gasteiger partial charge in [0.1, 0.15) is 6.04 Å². The van der Waals surface area contributed by atoms with Crippen molar-refractivity contribution in [1.29, 1.82) is 0 Å². The predicted octanol–water partition coefficient (Wildman–Crippen LogP) is -0.137. The van der Waals surface area contributed by atoms with E-state index in [1.807, 2.05) is 0 Å². The second-order valence-corrected chi connectivity index (χ2v) is 6.30. The number of hydrogen-bond acceptors (Lipinski definition) is 4. The van der Waals surface area contributed by atoms with Gasteiger partial charge in [0.05, 0.1) is 12.3 Å². The molecule has 6 nitrogen and oxygen atoms in total. The summed E-state index contributed by atoms with van der Waals surface area (Å²) in [7, 11) is -3.70. The minimum atomic E-state index is -3.70. The van der Waals surface area contributed by atoms with Gasteiger partial charge in [0.25, 0.3) is 0 Å². The molecule has 2 amide bonds. The van der Waals surface area contributed by atoms with Gasteiger partial charge in [-0.25, -0.2) is 8.42 Å². The van der Waals surface area contributed by atoms with Gasteiger partial charge < -0.3 is 0 Å². The first-order chi connectivity index (χ1) is 8.90. The van der Waals surface area contributed by atoms with E-state index in [1.165, 1.54) is 6.92 Å². The Morgan fingerprint density at radius 1 is 1.26 bits per heavy atom. The number of amides is 2. The standard InChI is InChI=1S/C12H14N2O4S/c1-9-12(16)13-11(15)7-14(9)19(17,18)8-10-5-3-2-4-6-10/h2-6,9H,7-8H2,1H3,(H,13,15,16). The number of imide groups is 1. The normalized spacial score (nSPS) is 21.2. The van der Waals surface area contributed by atoms with Crippen molar-refractivity contribution in [3.05, 3.63) is 35.9 Å². The zero-order valence-corrected chi connectivity index (χ0v) is 11.2. The van der Waals surface area contributed by atoms with Gasteiger partial charge in [-0.2, -0.15) is 4.31 Å². The third-order valence-corrected chi connectivity index (χ3v) is 4.78. The summed E-state index contributed by atoms with van der Waals surface area (Å²) in [6, 6.07) is 7.77. The van der Waals surface area contributed by atoms with E-state index in [9.17, 15) is 18.0 Å². The molecule has 102 valence electrons. The first-order valence-electron chi connectivity index (χ1n) is 5.77. The van der Waals surface area contributed by atoms with Crippen LogP contribution in [0, 0.1) is 0 Å². The van der Waals surface area contributed by atoms with Crippen LogP contribution in [-0.2, 0) is 25.4 Å². The molecule has 2 rings (SSSR count). The van der Waals surface area contributed by atoms with E-state index < -0.39 is 27.9 Å². The van der Waals surface area contributed by atoms with Crippen LogP contribution in [0.4, 0.5) is 0 Å². The molecule has 1 aromatic rings. The molecule has 1 N–H and O–H groups in total. The molecule has 0 bridgehead atoms. The van der Waals surface area contributed by atoms with Crippen molar-refractivity contribution in [3.8, 4) is 0 Å². The number of nitrogens with one attached hydrogen (secondary N) is 1. The second kappa shape index (κ2) is 5.10. The zero-order valence-electron chi connectivity index (χ0n) is 10.4. The van der Waals surface area contributed by atoms with E-state index >= 15 is 0 Å². The lowest BCUT2D eigenvalue weighted by atomic mass is 10.2. The Morgan fingerprint density at radius 3 is 2.53 bits per heavy atom. The number of sulfonamides is 1. The average molecular weight is 282 g/mol. The topological polar surface area (TPSA) is 83.6 Å². The van der Waals surface area contributed by atoms with Gasteiger partial charge in [-0.05, 0) is 12.5 Å². The quantitative estimate of drug-likeness (QED) is 0.782. The van der Waals surface area contributed by atoms with Crippen LogP contribution in [0.25, 0.3) is 0 Å². The van der Waals surface area contributed by atoms with Gasteiger partial charge in [0.2, 0.25) is 21.8 Å². The maximum atomic E-state index is 12.3. The number of carbonyl (C=O) groups excluding carboxylic acids is 2. The molecule has 0 aliphatic carbocycles. The molecular formula is C12H14N2O4S. The molecule has 1 saturated heterocycles. The minimum Gasteiger partial charge on any atom is -0.294 e. The van der Waals surface area contributed by atoms with Crippen LogP contribution in [0.3, 0.4) is 0 Å².